The van der Waals surface area contributed by atoms with E-state index in [-0.39, 0.29) is 31.3 Å². The minimum atomic E-state index is -0.537. The molecule has 1 saturated heterocycles. The largest absolute Gasteiger partial charge is 0.368 e. The maximum absolute atomic E-state index is 13.5. The Balaban J connectivity index is 1.25. The summed E-state index contributed by atoms with van der Waals surface area (Å²) < 4.78 is 2.54. The second-order valence-electron chi connectivity index (χ2n) is 10.4. The molecule has 2 amide bonds. The summed E-state index contributed by atoms with van der Waals surface area (Å²) in [5, 5.41) is 3.26. The van der Waals surface area contributed by atoms with Crippen molar-refractivity contribution >= 4 is 28.4 Å². The molecule has 2 heterocycles. The highest BCUT2D eigenvalue weighted by atomic mass is 16.2. The van der Waals surface area contributed by atoms with Gasteiger partial charge in [0.05, 0.1) is 10.9 Å². The molecular weight excluding hydrogens is 518 g/mol. The van der Waals surface area contributed by atoms with E-state index < -0.39 is 11.2 Å². The quantitative estimate of drug-likeness (QED) is 0.344. The van der Waals surface area contributed by atoms with Crippen LogP contribution in [-0.2, 0) is 29.2 Å². The molecule has 1 aromatic heterocycles. The third-order valence-electron chi connectivity index (χ3n) is 7.58. The number of para-hydroxylation sites is 2. The lowest BCUT2D eigenvalue weighted by Crippen LogP contribution is -2.50. The molecule has 0 spiro atoms. The van der Waals surface area contributed by atoms with Crippen LogP contribution in [0.2, 0.25) is 0 Å². The summed E-state index contributed by atoms with van der Waals surface area (Å²) in [5.41, 5.74) is 2.77. The molecule has 1 aliphatic rings. The van der Waals surface area contributed by atoms with E-state index in [1.54, 1.807) is 29.2 Å². The third-order valence-corrected chi connectivity index (χ3v) is 7.58. The van der Waals surface area contributed by atoms with E-state index in [1.807, 2.05) is 49.4 Å². The average Bonchev–Trinajstić information content (AvgIpc) is 3.01. The fraction of sp³-hybridized carbons (Fsp3) is 0.312. The zero-order valence-electron chi connectivity index (χ0n) is 23.3. The van der Waals surface area contributed by atoms with Gasteiger partial charge in [-0.1, -0.05) is 60.2 Å². The Hall–Kier alpha value is -4.66. The highest BCUT2D eigenvalue weighted by molar-refractivity contribution is 5.82. The number of aryl methyl sites for hydroxylation is 1. The summed E-state index contributed by atoms with van der Waals surface area (Å²) in [6.07, 6.45) is 0.498. The standard InChI is InChI=1S/C32H35N5O4/c1-24-13-15-25(16-14-24)22-33-29(38)12-7-17-36-31(40)27-10-5-6-11-28(27)37(32(36)41)23-30(39)35-20-18-34(19-21-35)26-8-3-2-4-9-26/h2-6,8-11,13-16H,7,12,17-23H2,1H3,(H,33,38). The van der Waals surface area contributed by atoms with Crippen molar-refractivity contribution in [1.29, 1.82) is 0 Å². The lowest BCUT2D eigenvalue weighted by Gasteiger charge is -2.36. The van der Waals surface area contributed by atoms with Crippen molar-refractivity contribution in [1.82, 2.24) is 19.4 Å². The number of hydrogen-bond acceptors (Lipinski definition) is 5. The van der Waals surface area contributed by atoms with Crippen LogP contribution in [-0.4, -0.2) is 52.0 Å². The third kappa shape index (κ3) is 6.57. The molecule has 0 aliphatic carbocycles. The van der Waals surface area contributed by atoms with Crippen LogP contribution in [0.4, 0.5) is 5.69 Å². The number of rotatable bonds is 9. The van der Waals surface area contributed by atoms with Gasteiger partial charge in [-0.15, -0.1) is 0 Å². The topological polar surface area (TPSA) is 96.6 Å². The van der Waals surface area contributed by atoms with Crippen molar-refractivity contribution in [2.75, 3.05) is 31.1 Å². The van der Waals surface area contributed by atoms with Crippen molar-refractivity contribution < 1.29 is 9.59 Å². The fourth-order valence-electron chi connectivity index (χ4n) is 5.20. The molecule has 0 atom stereocenters. The number of anilines is 1. The zero-order chi connectivity index (χ0) is 28.8. The van der Waals surface area contributed by atoms with Gasteiger partial charge in [-0.2, -0.15) is 0 Å². The van der Waals surface area contributed by atoms with Gasteiger partial charge in [-0.3, -0.25) is 23.5 Å². The Morgan fingerprint density at radius 1 is 0.805 bits per heavy atom. The fourth-order valence-corrected chi connectivity index (χ4v) is 5.20. The SMILES string of the molecule is Cc1ccc(CNC(=O)CCCn2c(=O)c3ccccc3n(CC(=O)N3CCN(c4ccccc4)CC3)c2=O)cc1. The van der Waals surface area contributed by atoms with Crippen LogP contribution in [0.1, 0.15) is 24.0 Å². The molecule has 1 fully saturated rings. The maximum atomic E-state index is 13.5. The van der Waals surface area contributed by atoms with E-state index in [0.29, 0.717) is 50.0 Å². The van der Waals surface area contributed by atoms with Crippen molar-refractivity contribution in [3.05, 3.63) is 111 Å². The molecule has 1 aliphatic heterocycles. The van der Waals surface area contributed by atoms with Crippen LogP contribution in [0.5, 0.6) is 0 Å². The molecule has 0 saturated carbocycles. The first-order valence-electron chi connectivity index (χ1n) is 14.0. The van der Waals surface area contributed by atoms with Crippen LogP contribution in [0.25, 0.3) is 10.9 Å². The predicted molar refractivity (Wildman–Crippen MR) is 160 cm³/mol. The van der Waals surface area contributed by atoms with Crippen LogP contribution >= 0.6 is 0 Å². The number of benzene rings is 3. The highest BCUT2D eigenvalue weighted by Crippen LogP contribution is 2.16. The maximum Gasteiger partial charge on any atom is 0.331 e. The van der Waals surface area contributed by atoms with E-state index in [4.69, 9.17) is 0 Å². The normalized spacial score (nSPS) is 13.4. The first-order valence-corrected chi connectivity index (χ1v) is 14.0. The number of nitrogens with zero attached hydrogens (tertiary/aromatic N) is 4. The van der Waals surface area contributed by atoms with Crippen LogP contribution in [0.3, 0.4) is 0 Å². The number of carbonyl (C=O) groups is 2. The average molecular weight is 554 g/mol. The van der Waals surface area contributed by atoms with Crippen molar-refractivity contribution in [3.8, 4) is 0 Å². The van der Waals surface area contributed by atoms with E-state index in [2.05, 4.69) is 22.3 Å². The van der Waals surface area contributed by atoms with E-state index in [9.17, 15) is 19.2 Å². The van der Waals surface area contributed by atoms with Crippen molar-refractivity contribution in [3.63, 3.8) is 0 Å². The highest BCUT2D eigenvalue weighted by Gasteiger charge is 2.23. The van der Waals surface area contributed by atoms with Crippen LogP contribution in [0, 0.1) is 6.92 Å². The number of fused-ring (bicyclic) bond motifs is 1. The van der Waals surface area contributed by atoms with Gasteiger partial charge in [-0.25, -0.2) is 4.79 Å². The minimum absolute atomic E-state index is 0.0877. The molecule has 1 N–H and O–H groups in total. The summed E-state index contributed by atoms with van der Waals surface area (Å²) in [6.45, 7) is 4.88. The molecule has 0 bridgehead atoms. The molecule has 9 nitrogen and oxygen atoms in total. The number of nitrogens with one attached hydrogen (secondary N) is 1. The van der Waals surface area contributed by atoms with Gasteiger partial charge in [0.15, 0.2) is 0 Å². The molecular formula is C32H35N5O4. The predicted octanol–water partition coefficient (Wildman–Crippen LogP) is 2.92. The molecule has 0 unspecified atom stereocenters. The van der Waals surface area contributed by atoms with Gasteiger partial charge in [0.25, 0.3) is 5.56 Å². The number of hydrogen-bond donors (Lipinski definition) is 1. The Morgan fingerprint density at radius 2 is 1.49 bits per heavy atom. The van der Waals surface area contributed by atoms with Gasteiger partial charge in [-0.05, 0) is 43.2 Å². The van der Waals surface area contributed by atoms with Gasteiger partial charge < -0.3 is 15.1 Å². The van der Waals surface area contributed by atoms with Gasteiger partial charge >= 0.3 is 5.69 Å². The number of piperazine rings is 1. The molecule has 0 radical (unpaired) electrons. The first-order chi connectivity index (χ1) is 19.9. The second kappa shape index (κ2) is 12.7. The molecule has 212 valence electrons. The van der Waals surface area contributed by atoms with Crippen molar-refractivity contribution in [2.45, 2.75) is 39.4 Å². The Kier molecular flexibility index (Phi) is 8.62. The first kappa shape index (κ1) is 27.9. The van der Waals surface area contributed by atoms with Crippen molar-refractivity contribution in [2.24, 2.45) is 0 Å². The zero-order valence-corrected chi connectivity index (χ0v) is 23.3. The van der Waals surface area contributed by atoms with Crippen LogP contribution < -0.4 is 21.5 Å². The minimum Gasteiger partial charge on any atom is -0.368 e. The molecule has 41 heavy (non-hydrogen) atoms. The van der Waals surface area contributed by atoms with Gasteiger partial charge in [0, 0.05) is 51.4 Å². The Morgan fingerprint density at radius 3 is 2.22 bits per heavy atom. The molecule has 5 rings (SSSR count). The number of aromatic nitrogens is 2. The van der Waals surface area contributed by atoms with Gasteiger partial charge in [0.2, 0.25) is 11.8 Å². The smallest absolute Gasteiger partial charge is 0.331 e. The Labute approximate surface area is 238 Å². The lowest BCUT2D eigenvalue weighted by molar-refractivity contribution is -0.132. The van der Waals surface area contributed by atoms with Crippen LogP contribution in [0.15, 0.2) is 88.5 Å². The monoisotopic (exact) mass is 553 g/mol. The number of carbonyl (C=O) groups excluding carboxylic acids is 2. The molecule has 3 aromatic carbocycles. The summed E-state index contributed by atoms with van der Waals surface area (Å²) >= 11 is 0. The van der Waals surface area contributed by atoms with E-state index in [1.165, 1.54) is 4.57 Å². The second-order valence-corrected chi connectivity index (χ2v) is 10.4. The Bertz CT molecular complexity index is 1640. The summed E-state index contributed by atoms with van der Waals surface area (Å²) in [5.74, 6) is -0.310. The van der Waals surface area contributed by atoms with Gasteiger partial charge in [0.1, 0.15) is 6.54 Å². The summed E-state index contributed by atoms with van der Waals surface area (Å²) in [7, 11) is 0. The van der Waals surface area contributed by atoms with E-state index in [0.717, 1.165) is 21.4 Å². The lowest BCUT2D eigenvalue weighted by atomic mass is 10.1. The summed E-state index contributed by atoms with van der Waals surface area (Å²) in [4.78, 5) is 56.5. The summed E-state index contributed by atoms with van der Waals surface area (Å²) in [6, 6.07) is 24.9. The number of amides is 2. The molecule has 9 heteroatoms. The van der Waals surface area contributed by atoms with E-state index >= 15 is 0 Å². The molecule has 4 aromatic rings.